The average Bonchev–Trinajstić information content (AvgIpc) is 3.20. The van der Waals surface area contributed by atoms with E-state index in [1.54, 1.807) is 20.8 Å². The van der Waals surface area contributed by atoms with Crippen LogP contribution in [0.25, 0.3) is 0 Å². The first kappa shape index (κ1) is 24.7. The number of ether oxygens (including phenoxy) is 2. The van der Waals surface area contributed by atoms with Crippen molar-refractivity contribution in [3.05, 3.63) is 18.0 Å². The summed E-state index contributed by atoms with van der Waals surface area (Å²) in [4.78, 5) is 67.6. The number of rotatable bonds is 7. The molecule has 3 heterocycles. The maximum Gasteiger partial charge on any atom is 0.321 e. The van der Waals surface area contributed by atoms with Crippen molar-refractivity contribution in [1.82, 2.24) is 9.88 Å². The van der Waals surface area contributed by atoms with Crippen LogP contribution < -0.4 is 10.6 Å². The van der Waals surface area contributed by atoms with Crippen LogP contribution in [0.3, 0.4) is 0 Å². The zero-order valence-electron chi connectivity index (χ0n) is 18.3. The van der Waals surface area contributed by atoms with Crippen molar-refractivity contribution in [3.8, 4) is 0 Å². The molecule has 3 atom stereocenters. The molecule has 1 aromatic heterocycles. The zero-order valence-corrected chi connectivity index (χ0v) is 19.9. The molecule has 2 fully saturated rings. The van der Waals surface area contributed by atoms with Gasteiger partial charge in [-0.05, 0) is 20.8 Å². The van der Waals surface area contributed by atoms with Gasteiger partial charge in [-0.2, -0.15) is 0 Å². The van der Waals surface area contributed by atoms with Gasteiger partial charge >= 0.3 is 11.9 Å². The number of β-lactam (4-membered cyclic amide) rings is 1. The smallest absolute Gasteiger partial charge is 0.321 e. The summed E-state index contributed by atoms with van der Waals surface area (Å²) in [5.74, 6) is -2.25. The number of nitrogen functional groups attached to an aromatic ring is 1. The molecule has 0 spiro atoms. The number of fused-ring (bicyclic) bond motifs is 1. The first-order chi connectivity index (χ1) is 15.4. The molecule has 2 aliphatic heterocycles. The number of carbonyl (C=O) groups is 5. The van der Waals surface area contributed by atoms with Crippen LogP contribution in [0.4, 0.5) is 10.9 Å². The summed E-state index contributed by atoms with van der Waals surface area (Å²) in [6, 6.07) is -0.958. The standard InChI is InChI=1S/C20H24N4O7S2/c1-5-20(17(29)31-10-30-16(28)19(2,3)4)8-23-14(27)13(15(23)33-9-20)24(12(26)6-25)11-7-32-18(21)22-11/h5-7,13,15H,1,8-10H2,2-4H3,(H2,21,22)/t13?,15-,20?/m1/s1. The van der Waals surface area contributed by atoms with Gasteiger partial charge in [0.2, 0.25) is 19.0 Å². The van der Waals surface area contributed by atoms with Crippen LogP contribution in [0.15, 0.2) is 18.0 Å². The molecule has 13 heteroatoms. The summed E-state index contributed by atoms with van der Waals surface area (Å²) in [6.45, 7) is 8.15. The Balaban J connectivity index is 1.70. The number of aromatic nitrogens is 1. The summed E-state index contributed by atoms with van der Waals surface area (Å²) in [5, 5.41) is 1.18. The second-order valence-corrected chi connectivity index (χ2v) is 10.6. The van der Waals surface area contributed by atoms with Crippen molar-refractivity contribution >= 4 is 64.1 Å². The second-order valence-electron chi connectivity index (χ2n) is 8.57. The third kappa shape index (κ3) is 4.60. The molecule has 2 amide bonds. The van der Waals surface area contributed by atoms with Crippen LogP contribution in [-0.2, 0) is 33.4 Å². The van der Waals surface area contributed by atoms with E-state index in [1.807, 2.05) is 0 Å². The highest BCUT2D eigenvalue weighted by molar-refractivity contribution is 8.00. The highest BCUT2D eigenvalue weighted by atomic mass is 32.2. The molecule has 3 rings (SSSR count). The predicted octanol–water partition coefficient (Wildman–Crippen LogP) is 0.803. The Morgan fingerprint density at radius 1 is 1.39 bits per heavy atom. The zero-order chi connectivity index (χ0) is 24.6. The van der Waals surface area contributed by atoms with Gasteiger partial charge in [0.25, 0.3) is 5.91 Å². The van der Waals surface area contributed by atoms with Gasteiger partial charge in [-0.3, -0.25) is 28.9 Å². The van der Waals surface area contributed by atoms with Crippen LogP contribution in [0.2, 0.25) is 0 Å². The number of thiazole rings is 1. The van der Waals surface area contributed by atoms with Gasteiger partial charge in [0.1, 0.15) is 22.6 Å². The SMILES string of the molecule is C=CC1(C(=O)OCOC(=O)C(C)(C)C)CS[C@@H]2C(N(C(=O)C=O)c3csc(N)n3)C(=O)N2C1. The van der Waals surface area contributed by atoms with E-state index in [2.05, 4.69) is 11.6 Å². The van der Waals surface area contributed by atoms with Crippen LogP contribution in [0.5, 0.6) is 0 Å². The van der Waals surface area contributed by atoms with Crippen molar-refractivity contribution in [2.24, 2.45) is 10.8 Å². The fourth-order valence-corrected chi connectivity index (χ4v) is 5.45. The lowest BCUT2D eigenvalue weighted by atomic mass is 9.87. The Kier molecular flexibility index (Phi) is 6.84. The largest absolute Gasteiger partial charge is 0.427 e. The molecule has 2 unspecified atom stereocenters. The molecule has 2 N–H and O–H groups in total. The number of hydrogen-bond acceptors (Lipinski definition) is 11. The number of esters is 2. The Morgan fingerprint density at radius 3 is 2.64 bits per heavy atom. The molecule has 0 bridgehead atoms. The predicted molar refractivity (Wildman–Crippen MR) is 121 cm³/mol. The van der Waals surface area contributed by atoms with Crippen molar-refractivity contribution < 1.29 is 33.4 Å². The normalized spacial score (nSPS) is 24.2. The van der Waals surface area contributed by atoms with E-state index in [9.17, 15) is 24.0 Å². The molecule has 0 radical (unpaired) electrons. The number of anilines is 2. The highest BCUT2D eigenvalue weighted by Gasteiger charge is 2.59. The molecule has 1 aromatic rings. The lowest BCUT2D eigenvalue weighted by Gasteiger charge is -2.55. The fourth-order valence-electron chi connectivity index (χ4n) is 3.34. The van der Waals surface area contributed by atoms with Crippen molar-refractivity contribution in [3.63, 3.8) is 0 Å². The van der Waals surface area contributed by atoms with Crippen LogP contribution in [0.1, 0.15) is 20.8 Å². The number of aldehydes is 1. The Labute approximate surface area is 198 Å². The highest BCUT2D eigenvalue weighted by Crippen LogP contribution is 2.45. The molecule has 2 aliphatic rings. The number of thioether (sulfide) groups is 1. The third-order valence-corrected chi connectivity index (χ3v) is 7.44. The molecular weight excluding hydrogens is 472 g/mol. The minimum Gasteiger partial charge on any atom is -0.427 e. The van der Waals surface area contributed by atoms with Gasteiger partial charge in [0.05, 0.1) is 5.41 Å². The van der Waals surface area contributed by atoms with Gasteiger partial charge < -0.3 is 20.1 Å². The van der Waals surface area contributed by atoms with Gasteiger partial charge in [-0.25, -0.2) is 4.98 Å². The lowest BCUT2D eigenvalue weighted by Crippen LogP contribution is -2.74. The minimum atomic E-state index is -1.22. The van der Waals surface area contributed by atoms with Crippen LogP contribution >= 0.6 is 23.1 Å². The fraction of sp³-hybridized carbons (Fsp3) is 0.500. The summed E-state index contributed by atoms with van der Waals surface area (Å²) in [5.41, 5.74) is 3.67. The van der Waals surface area contributed by atoms with E-state index in [4.69, 9.17) is 15.2 Å². The summed E-state index contributed by atoms with van der Waals surface area (Å²) in [6.07, 6.45) is 1.52. The van der Waals surface area contributed by atoms with Gasteiger partial charge in [0.15, 0.2) is 5.13 Å². The quantitative estimate of drug-likeness (QED) is 0.143. The van der Waals surface area contributed by atoms with Gasteiger partial charge in [-0.15, -0.1) is 29.7 Å². The van der Waals surface area contributed by atoms with Crippen LogP contribution in [-0.4, -0.2) is 70.4 Å². The van der Waals surface area contributed by atoms with E-state index in [0.717, 1.165) is 16.2 Å². The minimum absolute atomic E-state index is 0.0299. The van der Waals surface area contributed by atoms with E-state index in [1.165, 1.54) is 28.1 Å². The molecular formula is C20H24N4O7S2. The van der Waals surface area contributed by atoms with E-state index >= 15 is 0 Å². The summed E-state index contributed by atoms with van der Waals surface area (Å²) >= 11 is 2.32. The first-order valence-corrected chi connectivity index (χ1v) is 11.8. The van der Waals surface area contributed by atoms with E-state index in [0.29, 0.717) is 0 Å². The number of nitrogens with two attached hydrogens (primary N) is 1. The Bertz CT molecular complexity index is 1000. The molecule has 11 nitrogen and oxygen atoms in total. The topological polar surface area (TPSA) is 149 Å². The molecule has 0 aromatic carbocycles. The van der Waals surface area contributed by atoms with Crippen molar-refractivity contribution in [2.45, 2.75) is 32.2 Å². The lowest BCUT2D eigenvalue weighted by molar-refractivity contribution is -0.178. The Hall–Kier alpha value is -2.93. The second kappa shape index (κ2) is 9.14. The maximum atomic E-state index is 13.0. The Morgan fingerprint density at radius 2 is 2.09 bits per heavy atom. The number of amides is 2. The maximum absolute atomic E-state index is 13.0. The number of nitrogens with zero attached hydrogens (tertiary/aromatic N) is 3. The first-order valence-electron chi connectivity index (χ1n) is 9.84. The monoisotopic (exact) mass is 496 g/mol. The number of carbonyl (C=O) groups excluding carboxylic acids is 5. The molecule has 0 aliphatic carbocycles. The summed E-state index contributed by atoms with van der Waals surface area (Å²) < 4.78 is 10.1. The molecule has 178 valence electrons. The van der Waals surface area contributed by atoms with E-state index < -0.39 is 52.8 Å². The van der Waals surface area contributed by atoms with Crippen LogP contribution in [0, 0.1) is 10.8 Å². The number of hydrogen-bond donors (Lipinski definition) is 1. The van der Waals surface area contributed by atoms with Crippen molar-refractivity contribution in [2.75, 3.05) is 29.7 Å². The van der Waals surface area contributed by atoms with E-state index in [-0.39, 0.29) is 29.5 Å². The van der Waals surface area contributed by atoms with Gasteiger partial charge in [-0.1, -0.05) is 6.08 Å². The third-order valence-electron chi connectivity index (χ3n) is 5.24. The van der Waals surface area contributed by atoms with Crippen molar-refractivity contribution in [1.29, 1.82) is 0 Å². The molecule has 0 saturated carbocycles. The van der Waals surface area contributed by atoms with Gasteiger partial charge in [0, 0.05) is 17.7 Å². The molecule has 2 saturated heterocycles. The average molecular weight is 497 g/mol. The summed E-state index contributed by atoms with van der Waals surface area (Å²) in [7, 11) is 0. The molecule has 33 heavy (non-hydrogen) atoms.